The summed E-state index contributed by atoms with van der Waals surface area (Å²) in [6, 6.07) is 7.77. The Labute approximate surface area is 172 Å². The number of carbonyl (C=O) groups is 3. The lowest BCUT2D eigenvalue weighted by molar-refractivity contribution is -0.138. The van der Waals surface area contributed by atoms with Gasteiger partial charge < -0.3 is 10.6 Å². The summed E-state index contributed by atoms with van der Waals surface area (Å²) in [5, 5.41) is 4.44. The highest BCUT2D eigenvalue weighted by molar-refractivity contribution is 8.14. The summed E-state index contributed by atoms with van der Waals surface area (Å²) >= 11 is 0.932. The minimum atomic E-state index is -4.75. The zero-order valence-electron chi connectivity index (χ0n) is 15.3. The fraction of sp³-hybridized carbons (Fsp3) is 0.211. The SMILES string of the molecule is O=C(NCc1ccc(F)cc1C(F)(F)F)Nc1ccc(CN2C(=O)CSC2=O)cc1. The molecule has 1 saturated heterocycles. The van der Waals surface area contributed by atoms with E-state index in [4.69, 9.17) is 0 Å². The predicted molar refractivity (Wildman–Crippen MR) is 102 cm³/mol. The van der Waals surface area contributed by atoms with Crippen LogP contribution >= 0.6 is 11.8 Å². The van der Waals surface area contributed by atoms with E-state index in [1.807, 2.05) is 0 Å². The van der Waals surface area contributed by atoms with Gasteiger partial charge in [-0.25, -0.2) is 9.18 Å². The van der Waals surface area contributed by atoms with E-state index in [1.54, 1.807) is 12.1 Å². The number of hydrogen-bond acceptors (Lipinski definition) is 4. The van der Waals surface area contributed by atoms with Crippen molar-refractivity contribution < 1.29 is 31.9 Å². The van der Waals surface area contributed by atoms with Gasteiger partial charge in [-0.15, -0.1) is 0 Å². The fourth-order valence-electron chi connectivity index (χ4n) is 2.73. The van der Waals surface area contributed by atoms with E-state index in [-0.39, 0.29) is 29.0 Å². The van der Waals surface area contributed by atoms with Crippen molar-refractivity contribution in [2.45, 2.75) is 19.3 Å². The molecule has 2 aromatic carbocycles. The third-order valence-corrected chi connectivity index (χ3v) is 5.07. The lowest BCUT2D eigenvalue weighted by Gasteiger charge is -2.15. The standard InChI is InChI=1S/C19H15F4N3O3S/c20-13-4-3-12(15(7-13)19(21,22)23)8-24-17(28)25-14-5-1-11(2-6-14)9-26-16(27)10-30-18(26)29/h1-7H,8-10H2,(H2,24,25,28). The van der Waals surface area contributed by atoms with Crippen molar-refractivity contribution in [1.29, 1.82) is 0 Å². The molecule has 1 aliphatic heterocycles. The highest BCUT2D eigenvalue weighted by Crippen LogP contribution is 2.32. The first-order valence-electron chi connectivity index (χ1n) is 8.60. The van der Waals surface area contributed by atoms with E-state index in [9.17, 15) is 31.9 Å². The zero-order valence-corrected chi connectivity index (χ0v) is 16.1. The minimum absolute atomic E-state index is 0.113. The van der Waals surface area contributed by atoms with Crippen LogP contribution in [0.1, 0.15) is 16.7 Å². The molecule has 0 aliphatic carbocycles. The quantitative estimate of drug-likeness (QED) is 0.676. The molecule has 6 nitrogen and oxygen atoms in total. The van der Waals surface area contributed by atoms with E-state index in [0.29, 0.717) is 17.3 Å². The third kappa shape index (κ3) is 5.29. The number of rotatable bonds is 5. The number of urea groups is 1. The maximum Gasteiger partial charge on any atom is 0.416 e. The molecule has 1 aliphatic rings. The number of nitrogens with one attached hydrogen (secondary N) is 2. The lowest BCUT2D eigenvalue weighted by atomic mass is 10.1. The van der Waals surface area contributed by atoms with E-state index in [0.717, 1.165) is 28.8 Å². The second-order valence-electron chi connectivity index (χ2n) is 6.34. The number of carbonyl (C=O) groups excluding carboxylic acids is 3. The van der Waals surface area contributed by atoms with Gasteiger partial charge >= 0.3 is 12.2 Å². The zero-order chi connectivity index (χ0) is 21.9. The van der Waals surface area contributed by atoms with Crippen molar-refractivity contribution in [3.05, 3.63) is 65.0 Å². The molecular weight excluding hydrogens is 426 g/mol. The molecule has 0 aromatic heterocycles. The molecule has 1 heterocycles. The third-order valence-electron chi connectivity index (χ3n) is 4.21. The number of amides is 4. The van der Waals surface area contributed by atoms with Gasteiger partial charge in [-0.2, -0.15) is 13.2 Å². The average Bonchev–Trinajstić information content (AvgIpc) is 3.00. The van der Waals surface area contributed by atoms with Crippen molar-refractivity contribution in [1.82, 2.24) is 10.2 Å². The molecule has 0 saturated carbocycles. The Kier molecular flexibility index (Phi) is 6.30. The molecule has 1 fully saturated rings. The van der Waals surface area contributed by atoms with Gasteiger partial charge in [0.1, 0.15) is 5.82 Å². The molecular formula is C19H15F4N3O3S. The number of anilines is 1. The van der Waals surface area contributed by atoms with Gasteiger partial charge in [-0.3, -0.25) is 14.5 Å². The highest BCUT2D eigenvalue weighted by atomic mass is 32.2. The van der Waals surface area contributed by atoms with Gasteiger partial charge in [0.2, 0.25) is 5.91 Å². The summed E-state index contributed by atoms with van der Waals surface area (Å²) in [6.45, 7) is -0.335. The molecule has 4 amide bonds. The van der Waals surface area contributed by atoms with E-state index in [2.05, 4.69) is 10.6 Å². The maximum absolute atomic E-state index is 13.1. The second kappa shape index (κ2) is 8.74. The van der Waals surface area contributed by atoms with Crippen LogP contribution in [-0.4, -0.2) is 27.8 Å². The normalized spacial score (nSPS) is 14.2. The van der Waals surface area contributed by atoms with Crippen molar-refractivity contribution in [2.75, 3.05) is 11.1 Å². The Morgan fingerprint density at radius 2 is 1.80 bits per heavy atom. The lowest BCUT2D eigenvalue weighted by Crippen LogP contribution is -2.29. The number of alkyl halides is 3. The van der Waals surface area contributed by atoms with Crippen LogP contribution < -0.4 is 10.6 Å². The van der Waals surface area contributed by atoms with Gasteiger partial charge in [0, 0.05) is 12.2 Å². The number of nitrogens with zero attached hydrogens (tertiary/aromatic N) is 1. The minimum Gasteiger partial charge on any atom is -0.334 e. The number of hydrogen-bond donors (Lipinski definition) is 2. The van der Waals surface area contributed by atoms with Crippen molar-refractivity contribution >= 4 is 34.6 Å². The molecule has 0 unspecified atom stereocenters. The first-order chi connectivity index (χ1) is 14.1. The first kappa shape index (κ1) is 21.6. The summed E-state index contributed by atoms with van der Waals surface area (Å²) in [6.07, 6.45) is -4.75. The summed E-state index contributed by atoms with van der Waals surface area (Å²) in [5.41, 5.74) is -0.394. The number of benzene rings is 2. The van der Waals surface area contributed by atoms with Crippen LogP contribution in [0, 0.1) is 5.82 Å². The molecule has 3 rings (SSSR count). The summed E-state index contributed by atoms with van der Waals surface area (Å²) < 4.78 is 52.1. The first-order valence-corrected chi connectivity index (χ1v) is 9.58. The molecule has 2 N–H and O–H groups in total. The molecule has 0 atom stereocenters. The van der Waals surface area contributed by atoms with Gasteiger partial charge in [0.25, 0.3) is 5.24 Å². The van der Waals surface area contributed by atoms with Gasteiger partial charge in [0.05, 0.1) is 17.9 Å². The van der Waals surface area contributed by atoms with Crippen LogP contribution in [0.25, 0.3) is 0 Å². The fourth-order valence-corrected chi connectivity index (χ4v) is 3.45. The molecule has 11 heteroatoms. The molecule has 0 spiro atoms. The van der Waals surface area contributed by atoms with E-state index < -0.39 is 30.1 Å². The number of halogens is 4. The second-order valence-corrected chi connectivity index (χ2v) is 7.26. The van der Waals surface area contributed by atoms with Crippen molar-refractivity contribution in [3.8, 4) is 0 Å². The Morgan fingerprint density at radius 1 is 1.10 bits per heavy atom. The topological polar surface area (TPSA) is 78.5 Å². The monoisotopic (exact) mass is 441 g/mol. The van der Waals surface area contributed by atoms with Crippen LogP contribution in [0.3, 0.4) is 0 Å². The number of imide groups is 1. The van der Waals surface area contributed by atoms with Crippen molar-refractivity contribution in [3.63, 3.8) is 0 Å². The average molecular weight is 441 g/mol. The predicted octanol–water partition coefficient (Wildman–Crippen LogP) is 4.36. The maximum atomic E-state index is 13.1. The summed E-state index contributed by atoms with van der Waals surface area (Å²) in [7, 11) is 0. The highest BCUT2D eigenvalue weighted by Gasteiger charge is 2.33. The van der Waals surface area contributed by atoms with E-state index >= 15 is 0 Å². The Balaban J connectivity index is 1.57. The molecule has 2 aromatic rings. The molecule has 158 valence electrons. The summed E-state index contributed by atoms with van der Waals surface area (Å²) in [5.74, 6) is -1.18. The van der Waals surface area contributed by atoms with Gasteiger partial charge in [-0.05, 0) is 35.4 Å². The van der Waals surface area contributed by atoms with Gasteiger partial charge in [-0.1, -0.05) is 30.0 Å². The van der Waals surface area contributed by atoms with Crippen LogP contribution in [0.15, 0.2) is 42.5 Å². The molecule has 0 radical (unpaired) electrons. The smallest absolute Gasteiger partial charge is 0.334 e. The van der Waals surface area contributed by atoms with Crippen LogP contribution in [0.4, 0.5) is 32.8 Å². The summed E-state index contributed by atoms with van der Waals surface area (Å²) in [4.78, 5) is 36.3. The Morgan fingerprint density at radius 3 is 2.40 bits per heavy atom. The van der Waals surface area contributed by atoms with Crippen molar-refractivity contribution in [2.24, 2.45) is 0 Å². The molecule has 0 bridgehead atoms. The largest absolute Gasteiger partial charge is 0.416 e. The van der Waals surface area contributed by atoms with E-state index in [1.165, 1.54) is 12.1 Å². The molecule has 30 heavy (non-hydrogen) atoms. The van der Waals surface area contributed by atoms with Crippen LogP contribution in [-0.2, 0) is 24.1 Å². The Hall–Kier alpha value is -3.08. The van der Waals surface area contributed by atoms with Crippen LogP contribution in [0.2, 0.25) is 0 Å². The van der Waals surface area contributed by atoms with Crippen LogP contribution in [0.5, 0.6) is 0 Å². The van der Waals surface area contributed by atoms with Gasteiger partial charge in [0.15, 0.2) is 0 Å². The number of thioether (sulfide) groups is 1. The Bertz CT molecular complexity index is 964.